The summed E-state index contributed by atoms with van der Waals surface area (Å²) in [6.07, 6.45) is 2.50. The standard InChI is InChI=1S/C10H14O2/c1-6(11)4-10(2)5-7-3-8(7)9(10)12/h7-8H,3-5H2,1-2H3/t7-,8-,10-/m1/s1. The third-order valence-electron chi connectivity index (χ3n) is 3.21. The van der Waals surface area contributed by atoms with E-state index in [0.29, 0.717) is 24.0 Å². The van der Waals surface area contributed by atoms with Gasteiger partial charge in [-0.1, -0.05) is 6.92 Å². The molecule has 0 aromatic carbocycles. The van der Waals surface area contributed by atoms with Crippen LogP contribution >= 0.6 is 0 Å². The molecule has 3 atom stereocenters. The maximum Gasteiger partial charge on any atom is 0.142 e. The molecule has 2 aliphatic carbocycles. The zero-order valence-corrected chi connectivity index (χ0v) is 7.59. The van der Waals surface area contributed by atoms with Crippen LogP contribution in [0, 0.1) is 17.3 Å². The maximum absolute atomic E-state index is 11.7. The van der Waals surface area contributed by atoms with Gasteiger partial charge in [-0.3, -0.25) is 9.59 Å². The molecule has 0 spiro atoms. The fraction of sp³-hybridized carbons (Fsp3) is 0.800. The van der Waals surface area contributed by atoms with Gasteiger partial charge in [0.1, 0.15) is 11.6 Å². The minimum absolute atomic E-state index is 0.146. The zero-order valence-electron chi connectivity index (χ0n) is 7.59. The van der Waals surface area contributed by atoms with Crippen LogP contribution in [0.1, 0.15) is 33.1 Å². The number of hydrogen-bond donors (Lipinski definition) is 0. The third kappa shape index (κ3) is 1.01. The second-order valence-electron chi connectivity index (χ2n) is 4.61. The molecule has 0 radical (unpaired) electrons. The van der Waals surface area contributed by atoms with Crippen LogP contribution in [0.4, 0.5) is 0 Å². The molecule has 0 amide bonds. The van der Waals surface area contributed by atoms with Crippen molar-refractivity contribution in [3.05, 3.63) is 0 Å². The van der Waals surface area contributed by atoms with E-state index in [1.165, 1.54) is 0 Å². The number of ketones is 2. The Morgan fingerprint density at radius 2 is 2.33 bits per heavy atom. The normalized spacial score (nSPS) is 44.3. The first-order chi connectivity index (χ1) is 5.53. The van der Waals surface area contributed by atoms with Crippen molar-refractivity contribution < 1.29 is 9.59 Å². The highest BCUT2D eigenvalue weighted by Crippen LogP contribution is 2.58. The first-order valence-corrected chi connectivity index (χ1v) is 4.57. The van der Waals surface area contributed by atoms with Gasteiger partial charge in [0.25, 0.3) is 0 Å². The lowest BCUT2D eigenvalue weighted by molar-refractivity contribution is -0.131. The van der Waals surface area contributed by atoms with Crippen molar-refractivity contribution in [3.8, 4) is 0 Å². The summed E-state index contributed by atoms with van der Waals surface area (Å²) >= 11 is 0. The number of fused-ring (bicyclic) bond motifs is 1. The fourth-order valence-electron chi connectivity index (χ4n) is 2.63. The topological polar surface area (TPSA) is 34.1 Å². The van der Waals surface area contributed by atoms with Gasteiger partial charge in [-0.25, -0.2) is 0 Å². The minimum atomic E-state index is -0.292. The van der Waals surface area contributed by atoms with Crippen molar-refractivity contribution in [2.24, 2.45) is 17.3 Å². The van der Waals surface area contributed by atoms with Crippen LogP contribution in [0.25, 0.3) is 0 Å². The van der Waals surface area contributed by atoms with E-state index < -0.39 is 0 Å². The molecule has 0 bridgehead atoms. The molecule has 0 unspecified atom stereocenters. The van der Waals surface area contributed by atoms with Gasteiger partial charge in [0, 0.05) is 17.8 Å². The Labute approximate surface area is 72.3 Å². The molecule has 66 valence electrons. The molecular weight excluding hydrogens is 152 g/mol. The zero-order chi connectivity index (χ0) is 8.93. The Morgan fingerprint density at radius 1 is 1.67 bits per heavy atom. The summed E-state index contributed by atoms with van der Waals surface area (Å²) in [5, 5.41) is 0. The molecule has 0 heterocycles. The predicted molar refractivity (Wildman–Crippen MR) is 44.6 cm³/mol. The van der Waals surface area contributed by atoms with E-state index >= 15 is 0 Å². The highest BCUT2D eigenvalue weighted by molar-refractivity contribution is 5.95. The van der Waals surface area contributed by atoms with Crippen LogP contribution in [0.5, 0.6) is 0 Å². The Hall–Kier alpha value is -0.660. The van der Waals surface area contributed by atoms with E-state index in [0.717, 1.165) is 12.8 Å². The van der Waals surface area contributed by atoms with Gasteiger partial charge in [-0.05, 0) is 25.7 Å². The van der Waals surface area contributed by atoms with Gasteiger partial charge in [0.2, 0.25) is 0 Å². The first-order valence-electron chi connectivity index (χ1n) is 4.57. The minimum Gasteiger partial charge on any atom is -0.300 e. The molecule has 12 heavy (non-hydrogen) atoms. The second-order valence-corrected chi connectivity index (χ2v) is 4.61. The molecule has 0 aromatic heterocycles. The van der Waals surface area contributed by atoms with Gasteiger partial charge < -0.3 is 0 Å². The summed E-state index contributed by atoms with van der Waals surface area (Å²) in [6, 6.07) is 0. The number of rotatable bonds is 2. The average Bonchev–Trinajstić information content (AvgIpc) is 2.58. The van der Waals surface area contributed by atoms with Crippen molar-refractivity contribution >= 4 is 11.6 Å². The molecule has 2 heteroatoms. The molecule has 0 aliphatic heterocycles. The monoisotopic (exact) mass is 166 g/mol. The molecule has 2 saturated carbocycles. The molecule has 2 rings (SSSR count). The van der Waals surface area contributed by atoms with Crippen molar-refractivity contribution in [1.82, 2.24) is 0 Å². The van der Waals surface area contributed by atoms with E-state index in [1.807, 2.05) is 6.92 Å². The van der Waals surface area contributed by atoms with Crippen molar-refractivity contribution in [1.29, 1.82) is 0 Å². The Morgan fingerprint density at radius 3 is 2.75 bits per heavy atom. The number of carbonyl (C=O) groups is 2. The molecule has 2 fully saturated rings. The molecule has 0 aromatic rings. The smallest absolute Gasteiger partial charge is 0.142 e. The highest BCUT2D eigenvalue weighted by atomic mass is 16.1. The van der Waals surface area contributed by atoms with Crippen LogP contribution in [-0.4, -0.2) is 11.6 Å². The van der Waals surface area contributed by atoms with Gasteiger partial charge in [0.15, 0.2) is 0 Å². The largest absolute Gasteiger partial charge is 0.300 e. The average molecular weight is 166 g/mol. The molecule has 0 saturated heterocycles. The summed E-state index contributed by atoms with van der Waals surface area (Å²) in [7, 11) is 0. The van der Waals surface area contributed by atoms with E-state index in [1.54, 1.807) is 6.92 Å². The van der Waals surface area contributed by atoms with Gasteiger partial charge in [0.05, 0.1) is 0 Å². The Balaban J connectivity index is 2.12. The Bertz CT molecular complexity index is 257. The highest BCUT2D eigenvalue weighted by Gasteiger charge is 2.58. The quantitative estimate of drug-likeness (QED) is 0.624. The van der Waals surface area contributed by atoms with Gasteiger partial charge in [-0.2, -0.15) is 0 Å². The second kappa shape index (κ2) is 2.18. The summed E-state index contributed by atoms with van der Waals surface area (Å²) in [6.45, 7) is 3.52. The van der Waals surface area contributed by atoms with Crippen LogP contribution in [-0.2, 0) is 9.59 Å². The van der Waals surface area contributed by atoms with Gasteiger partial charge in [-0.15, -0.1) is 0 Å². The summed E-state index contributed by atoms with van der Waals surface area (Å²) in [4.78, 5) is 22.6. The number of Topliss-reactive ketones (excluding diaryl/α,β-unsaturated/α-hetero) is 2. The number of hydrogen-bond acceptors (Lipinski definition) is 2. The van der Waals surface area contributed by atoms with E-state index in [2.05, 4.69) is 0 Å². The first kappa shape index (κ1) is 7.96. The van der Waals surface area contributed by atoms with Crippen molar-refractivity contribution in [2.75, 3.05) is 0 Å². The third-order valence-corrected chi connectivity index (χ3v) is 3.21. The molecule has 0 N–H and O–H groups in total. The van der Waals surface area contributed by atoms with E-state index in [9.17, 15) is 9.59 Å². The summed E-state index contributed by atoms with van der Waals surface area (Å²) in [5.74, 6) is 1.45. The molecular formula is C10H14O2. The summed E-state index contributed by atoms with van der Waals surface area (Å²) < 4.78 is 0. The molecule has 2 nitrogen and oxygen atoms in total. The molecule has 2 aliphatic rings. The SMILES string of the molecule is CC(=O)C[C@]1(C)C[C@H]2C[C@H]2C1=O. The van der Waals surface area contributed by atoms with Crippen molar-refractivity contribution in [3.63, 3.8) is 0 Å². The lowest BCUT2D eigenvalue weighted by Crippen LogP contribution is -2.27. The lowest BCUT2D eigenvalue weighted by Gasteiger charge is -2.22. The van der Waals surface area contributed by atoms with Crippen LogP contribution < -0.4 is 0 Å². The van der Waals surface area contributed by atoms with E-state index in [-0.39, 0.29) is 11.2 Å². The fourth-order valence-corrected chi connectivity index (χ4v) is 2.63. The number of carbonyl (C=O) groups excluding carboxylic acids is 2. The van der Waals surface area contributed by atoms with Crippen LogP contribution in [0.2, 0.25) is 0 Å². The van der Waals surface area contributed by atoms with Gasteiger partial charge >= 0.3 is 0 Å². The summed E-state index contributed by atoms with van der Waals surface area (Å²) in [5.41, 5.74) is -0.292. The van der Waals surface area contributed by atoms with Crippen LogP contribution in [0.3, 0.4) is 0 Å². The van der Waals surface area contributed by atoms with Crippen molar-refractivity contribution in [2.45, 2.75) is 33.1 Å². The van der Waals surface area contributed by atoms with E-state index in [4.69, 9.17) is 0 Å². The maximum atomic E-state index is 11.7. The van der Waals surface area contributed by atoms with Crippen LogP contribution in [0.15, 0.2) is 0 Å². The lowest BCUT2D eigenvalue weighted by atomic mass is 9.80. The Kier molecular flexibility index (Phi) is 1.45. The predicted octanol–water partition coefficient (Wildman–Crippen LogP) is 1.58.